The van der Waals surface area contributed by atoms with Gasteiger partial charge < -0.3 is 4.74 Å². The molecule has 0 bridgehead atoms. The fourth-order valence-corrected chi connectivity index (χ4v) is 2.02. The van der Waals surface area contributed by atoms with Gasteiger partial charge in [0.2, 0.25) is 0 Å². The second-order valence-corrected chi connectivity index (χ2v) is 5.46. The molecule has 0 atom stereocenters. The number of methoxy groups -OCH3 is 1. The third-order valence-corrected chi connectivity index (χ3v) is 3.45. The first kappa shape index (κ1) is 22.4. The van der Waals surface area contributed by atoms with Gasteiger partial charge in [0.1, 0.15) is 19.1 Å². The molecule has 0 saturated carbocycles. The molecule has 4 nitrogen and oxygen atoms in total. The maximum absolute atomic E-state index is 5.14. The molecule has 2 aromatic rings. The van der Waals surface area contributed by atoms with Crippen molar-refractivity contribution in [3.63, 3.8) is 0 Å². The molecule has 0 heterocycles. The standard InChI is InChI=1S/C17H21NO3.C6H8/c1-19-17-9-7-16(8-10-17)13-20-21-14-18-12-11-15-5-3-2-4-6-15;1-3-5-6-4-2/h2-10,18H,11-14H2,1H3;3-6H,1-2H2/b;6-5-. The minimum Gasteiger partial charge on any atom is -0.497 e. The number of nitrogens with one attached hydrogen (secondary N) is 1. The van der Waals surface area contributed by atoms with Gasteiger partial charge in [0.25, 0.3) is 0 Å². The van der Waals surface area contributed by atoms with Crippen molar-refractivity contribution in [2.24, 2.45) is 0 Å². The van der Waals surface area contributed by atoms with Gasteiger partial charge in [-0.1, -0.05) is 79.9 Å². The molecule has 144 valence electrons. The van der Waals surface area contributed by atoms with E-state index in [0.29, 0.717) is 13.3 Å². The van der Waals surface area contributed by atoms with Gasteiger partial charge in [0.05, 0.1) is 7.11 Å². The first-order valence-corrected chi connectivity index (χ1v) is 8.82. The Balaban J connectivity index is 0.000000527. The largest absolute Gasteiger partial charge is 0.497 e. The molecule has 0 spiro atoms. The number of allylic oxidation sites excluding steroid dienone is 4. The number of hydrogen-bond donors (Lipinski definition) is 1. The van der Waals surface area contributed by atoms with E-state index in [1.807, 2.05) is 54.6 Å². The van der Waals surface area contributed by atoms with E-state index in [-0.39, 0.29) is 0 Å². The molecule has 0 aliphatic heterocycles. The zero-order chi connectivity index (χ0) is 19.6. The normalized spacial score (nSPS) is 10.1. The van der Waals surface area contributed by atoms with Gasteiger partial charge in [-0.25, -0.2) is 9.78 Å². The smallest absolute Gasteiger partial charge is 0.133 e. The second-order valence-electron chi connectivity index (χ2n) is 5.46. The van der Waals surface area contributed by atoms with E-state index >= 15 is 0 Å². The topological polar surface area (TPSA) is 39.7 Å². The van der Waals surface area contributed by atoms with Crippen LogP contribution < -0.4 is 10.1 Å². The summed E-state index contributed by atoms with van der Waals surface area (Å²) in [7, 11) is 1.65. The van der Waals surface area contributed by atoms with Crippen LogP contribution in [-0.2, 0) is 22.8 Å². The maximum atomic E-state index is 5.14. The van der Waals surface area contributed by atoms with Crippen molar-refractivity contribution in [2.45, 2.75) is 13.0 Å². The second kappa shape index (κ2) is 15.6. The van der Waals surface area contributed by atoms with E-state index < -0.39 is 0 Å². The Hall–Kier alpha value is -2.66. The molecule has 2 rings (SSSR count). The fraction of sp³-hybridized carbons (Fsp3) is 0.217. The van der Waals surface area contributed by atoms with Gasteiger partial charge in [-0.05, 0) is 29.7 Å². The quantitative estimate of drug-likeness (QED) is 0.203. The molecule has 0 unspecified atom stereocenters. The molecule has 0 aromatic heterocycles. The van der Waals surface area contributed by atoms with E-state index in [2.05, 4.69) is 30.6 Å². The third-order valence-electron chi connectivity index (χ3n) is 3.45. The highest BCUT2D eigenvalue weighted by molar-refractivity contribution is 5.26. The van der Waals surface area contributed by atoms with Crippen molar-refractivity contribution < 1.29 is 14.5 Å². The molecular formula is C23H29NO3. The van der Waals surface area contributed by atoms with Crippen molar-refractivity contribution in [1.82, 2.24) is 5.32 Å². The molecular weight excluding hydrogens is 338 g/mol. The zero-order valence-electron chi connectivity index (χ0n) is 16.0. The Labute approximate surface area is 162 Å². The average Bonchev–Trinajstić information content (AvgIpc) is 2.73. The van der Waals surface area contributed by atoms with Crippen LogP contribution in [0.15, 0.2) is 92.1 Å². The van der Waals surface area contributed by atoms with Gasteiger partial charge >= 0.3 is 0 Å². The highest BCUT2D eigenvalue weighted by Crippen LogP contribution is 2.11. The lowest BCUT2D eigenvalue weighted by Gasteiger charge is -2.07. The first-order valence-electron chi connectivity index (χ1n) is 8.82. The van der Waals surface area contributed by atoms with Gasteiger partial charge in [0.15, 0.2) is 0 Å². The first-order chi connectivity index (χ1) is 13.3. The molecule has 0 fully saturated rings. The minimum atomic E-state index is 0.378. The van der Waals surface area contributed by atoms with Crippen molar-refractivity contribution >= 4 is 0 Å². The summed E-state index contributed by atoms with van der Waals surface area (Å²) in [4.78, 5) is 10.2. The number of rotatable bonds is 11. The summed E-state index contributed by atoms with van der Waals surface area (Å²) in [5.74, 6) is 0.835. The summed E-state index contributed by atoms with van der Waals surface area (Å²) < 4.78 is 5.09. The summed E-state index contributed by atoms with van der Waals surface area (Å²) >= 11 is 0. The Bertz CT molecular complexity index is 641. The van der Waals surface area contributed by atoms with Crippen LogP contribution in [0.4, 0.5) is 0 Å². The summed E-state index contributed by atoms with van der Waals surface area (Å²) in [5.41, 5.74) is 2.35. The molecule has 1 N–H and O–H groups in total. The van der Waals surface area contributed by atoms with Crippen molar-refractivity contribution in [3.8, 4) is 5.75 Å². The number of hydrogen-bond acceptors (Lipinski definition) is 4. The van der Waals surface area contributed by atoms with Crippen molar-refractivity contribution in [2.75, 3.05) is 20.4 Å². The number of benzene rings is 2. The summed E-state index contributed by atoms with van der Waals surface area (Å²) in [6.07, 6.45) is 8.05. The van der Waals surface area contributed by atoms with Crippen LogP contribution in [0.1, 0.15) is 11.1 Å². The SMILES string of the molecule is C=C/C=C\C=C.COc1ccc(COOCNCCc2ccccc2)cc1. The van der Waals surface area contributed by atoms with Gasteiger partial charge in [0, 0.05) is 6.54 Å². The van der Waals surface area contributed by atoms with Crippen LogP contribution in [-0.4, -0.2) is 20.4 Å². The molecule has 0 amide bonds. The van der Waals surface area contributed by atoms with E-state index in [9.17, 15) is 0 Å². The summed E-state index contributed by atoms with van der Waals surface area (Å²) in [6, 6.07) is 18.0. The van der Waals surface area contributed by atoms with E-state index in [1.165, 1.54) is 5.56 Å². The van der Waals surface area contributed by atoms with Crippen LogP contribution in [0.2, 0.25) is 0 Å². The van der Waals surface area contributed by atoms with E-state index in [4.69, 9.17) is 14.5 Å². The maximum Gasteiger partial charge on any atom is 0.133 e. The van der Waals surface area contributed by atoms with Crippen molar-refractivity contribution in [1.29, 1.82) is 0 Å². The van der Waals surface area contributed by atoms with Crippen LogP contribution in [0.3, 0.4) is 0 Å². The van der Waals surface area contributed by atoms with Gasteiger partial charge in [-0.2, -0.15) is 0 Å². The Morgan fingerprint density at radius 3 is 2.11 bits per heavy atom. The van der Waals surface area contributed by atoms with Crippen molar-refractivity contribution in [3.05, 3.63) is 103 Å². The predicted octanol–water partition coefficient (Wildman–Crippen LogP) is 4.85. The third kappa shape index (κ3) is 11.5. The average molecular weight is 367 g/mol. The Morgan fingerprint density at radius 1 is 0.852 bits per heavy atom. The molecule has 4 heteroatoms. The highest BCUT2D eigenvalue weighted by Gasteiger charge is 1.96. The predicted molar refractivity (Wildman–Crippen MR) is 111 cm³/mol. The minimum absolute atomic E-state index is 0.378. The fourth-order valence-electron chi connectivity index (χ4n) is 2.02. The van der Waals surface area contributed by atoms with Crippen LogP contribution in [0.25, 0.3) is 0 Å². The summed E-state index contributed by atoms with van der Waals surface area (Å²) in [6.45, 7) is 8.58. The van der Waals surface area contributed by atoms with Crippen LogP contribution >= 0.6 is 0 Å². The highest BCUT2D eigenvalue weighted by atomic mass is 17.2. The van der Waals surface area contributed by atoms with Gasteiger partial charge in [-0.15, -0.1) is 0 Å². The van der Waals surface area contributed by atoms with Crippen LogP contribution in [0, 0.1) is 0 Å². The lowest BCUT2D eigenvalue weighted by atomic mass is 10.2. The van der Waals surface area contributed by atoms with Gasteiger partial charge in [-0.3, -0.25) is 5.32 Å². The summed E-state index contributed by atoms with van der Waals surface area (Å²) in [5, 5.41) is 3.17. The monoisotopic (exact) mass is 367 g/mol. The molecule has 27 heavy (non-hydrogen) atoms. The molecule has 0 radical (unpaired) electrons. The zero-order valence-corrected chi connectivity index (χ0v) is 16.0. The molecule has 0 aliphatic rings. The lowest BCUT2D eigenvalue weighted by molar-refractivity contribution is -0.307. The Kier molecular flexibility index (Phi) is 12.9. The molecule has 0 aliphatic carbocycles. The molecule has 2 aromatic carbocycles. The van der Waals surface area contributed by atoms with E-state index in [1.54, 1.807) is 19.3 Å². The van der Waals surface area contributed by atoms with E-state index in [0.717, 1.165) is 24.3 Å². The molecule has 0 saturated heterocycles. The number of ether oxygens (including phenoxy) is 1. The Morgan fingerprint density at radius 2 is 1.52 bits per heavy atom. The lowest BCUT2D eigenvalue weighted by Crippen LogP contribution is -2.20. The van der Waals surface area contributed by atoms with Crippen LogP contribution in [0.5, 0.6) is 5.75 Å².